The lowest BCUT2D eigenvalue weighted by Gasteiger charge is -2.42. The minimum atomic E-state index is -1.26. The summed E-state index contributed by atoms with van der Waals surface area (Å²) in [5.74, 6) is -0.904. The van der Waals surface area contributed by atoms with Gasteiger partial charge < -0.3 is 9.47 Å². The third-order valence-corrected chi connectivity index (χ3v) is 6.62. The van der Waals surface area contributed by atoms with Gasteiger partial charge in [0, 0.05) is 25.2 Å². The first-order chi connectivity index (χ1) is 16.2. The molecule has 0 amide bonds. The topological polar surface area (TPSA) is 66.0 Å². The molecule has 4 heteroatoms. The number of nitriles is 2. The molecule has 1 spiro atoms. The second kappa shape index (κ2) is 10.0. The van der Waals surface area contributed by atoms with Crippen LogP contribution in [0.2, 0.25) is 0 Å². The molecule has 4 nitrogen and oxygen atoms in total. The van der Waals surface area contributed by atoms with Crippen molar-refractivity contribution in [3.63, 3.8) is 0 Å². The summed E-state index contributed by atoms with van der Waals surface area (Å²) in [6.45, 7) is 4.93. The van der Waals surface area contributed by atoms with Crippen LogP contribution in [0, 0.1) is 34.0 Å². The van der Waals surface area contributed by atoms with Crippen LogP contribution in [0.25, 0.3) is 6.08 Å². The van der Waals surface area contributed by atoms with E-state index in [0.717, 1.165) is 16.7 Å². The third-order valence-electron chi connectivity index (χ3n) is 6.62. The average Bonchev–Trinajstić information content (AvgIpc) is 3.32. The maximum Gasteiger partial charge on any atom is 0.172 e. The van der Waals surface area contributed by atoms with Crippen LogP contribution in [0.5, 0.6) is 0 Å². The molecule has 0 aromatic heterocycles. The van der Waals surface area contributed by atoms with Crippen molar-refractivity contribution in [2.75, 3.05) is 13.2 Å². The van der Waals surface area contributed by atoms with E-state index in [0.29, 0.717) is 26.1 Å². The number of rotatable bonds is 7. The molecule has 0 radical (unpaired) electrons. The van der Waals surface area contributed by atoms with Gasteiger partial charge in [-0.25, -0.2) is 0 Å². The summed E-state index contributed by atoms with van der Waals surface area (Å²) < 4.78 is 12.1. The summed E-state index contributed by atoms with van der Waals surface area (Å²) in [6, 6.07) is 25.0. The fourth-order valence-corrected chi connectivity index (χ4v) is 5.00. The lowest BCUT2D eigenvalue weighted by molar-refractivity contribution is -0.170. The molecule has 1 heterocycles. The van der Waals surface area contributed by atoms with Gasteiger partial charge in [0.15, 0.2) is 11.2 Å². The Hall–Kier alpha value is -3.44. The van der Waals surface area contributed by atoms with E-state index in [1.54, 1.807) is 6.08 Å². The normalized spacial score (nSPS) is 20.7. The number of benzene rings is 2. The maximum absolute atomic E-state index is 10.2. The van der Waals surface area contributed by atoms with E-state index in [4.69, 9.17) is 9.47 Å². The third kappa shape index (κ3) is 4.69. The van der Waals surface area contributed by atoms with Crippen LogP contribution in [-0.2, 0) is 9.47 Å². The predicted molar refractivity (Wildman–Crippen MR) is 129 cm³/mol. The molecule has 2 aliphatic rings. The van der Waals surface area contributed by atoms with Crippen LogP contribution in [-0.4, -0.2) is 19.0 Å². The van der Waals surface area contributed by atoms with Gasteiger partial charge in [0.25, 0.3) is 0 Å². The number of allylic oxidation sites excluding steroid dienone is 3. The monoisotopic (exact) mass is 436 g/mol. The van der Waals surface area contributed by atoms with E-state index in [1.807, 2.05) is 42.5 Å². The Morgan fingerprint density at radius 1 is 1.03 bits per heavy atom. The molecule has 2 atom stereocenters. The van der Waals surface area contributed by atoms with E-state index < -0.39 is 11.2 Å². The Morgan fingerprint density at radius 3 is 2.27 bits per heavy atom. The van der Waals surface area contributed by atoms with Crippen molar-refractivity contribution < 1.29 is 9.47 Å². The molecule has 33 heavy (non-hydrogen) atoms. The van der Waals surface area contributed by atoms with E-state index >= 15 is 0 Å². The van der Waals surface area contributed by atoms with Crippen molar-refractivity contribution in [1.29, 1.82) is 10.5 Å². The first kappa shape index (κ1) is 22.7. The number of hydrogen-bond donors (Lipinski definition) is 0. The highest BCUT2D eigenvalue weighted by Crippen LogP contribution is 2.51. The molecule has 0 bridgehead atoms. The van der Waals surface area contributed by atoms with Gasteiger partial charge in [-0.2, -0.15) is 10.5 Å². The molecule has 2 aromatic carbocycles. The van der Waals surface area contributed by atoms with Crippen LogP contribution < -0.4 is 0 Å². The molecular weight excluding hydrogens is 408 g/mol. The van der Waals surface area contributed by atoms with Crippen molar-refractivity contribution in [3.8, 4) is 12.1 Å². The summed E-state index contributed by atoms with van der Waals surface area (Å²) in [4.78, 5) is 0. The Labute approximate surface area is 196 Å². The van der Waals surface area contributed by atoms with E-state index in [9.17, 15) is 10.5 Å². The zero-order valence-corrected chi connectivity index (χ0v) is 18.7. The lowest BCUT2D eigenvalue weighted by Crippen LogP contribution is -2.41. The molecule has 4 rings (SSSR count). The Morgan fingerprint density at radius 2 is 1.67 bits per heavy atom. The van der Waals surface area contributed by atoms with E-state index in [1.165, 1.54) is 0 Å². The number of hydrogen-bond acceptors (Lipinski definition) is 4. The fourth-order valence-electron chi connectivity index (χ4n) is 5.00. The van der Waals surface area contributed by atoms with Gasteiger partial charge in [-0.1, -0.05) is 85.0 Å². The smallest absolute Gasteiger partial charge is 0.172 e. The molecule has 1 unspecified atom stereocenters. The highest BCUT2D eigenvalue weighted by Gasteiger charge is 2.49. The SMILES string of the molecule is C=CCC(C#N)(C#N)C1=CCC2(C[C@H]1C(/C=C/c1ccccc1)c1ccccc1)OCCO2. The molecule has 1 fully saturated rings. The number of ether oxygens (including phenoxy) is 2. The van der Waals surface area contributed by atoms with Gasteiger partial charge in [0.2, 0.25) is 0 Å². The Bertz CT molecular complexity index is 1090. The largest absolute Gasteiger partial charge is 0.347 e. The zero-order chi connectivity index (χ0) is 23.2. The van der Waals surface area contributed by atoms with Crippen molar-refractivity contribution in [2.45, 2.75) is 31.0 Å². The van der Waals surface area contributed by atoms with Crippen LogP contribution >= 0.6 is 0 Å². The highest BCUT2D eigenvalue weighted by atomic mass is 16.7. The molecule has 1 saturated heterocycles. The molecule has 0 saturated carbocycles. The van der Waals surface area contributed by atoms with Crippen molar-refractivity contribution in [3.05, 3.63) is 102 Å². The van der Waals surface area contributed by atoms with Crippen molar-refractivity contribution in [1.82, 2.24) is 0 Å². The average molecular weight is 437 g/mol. The summed E-state index contributed by atoms with van der Waals surface area (Å²) in [5, 5.41) is 20.3. The van der Waals surface area contributed by atoms with Crippen LogP contribution in [0.4, 0.5) is 0 Å². The van der Waals surface area contributed by atoms with E-state index in [2.05, 4.69) is 55.1 Å². The summed E-state index contributed by atoms with van der Waals surface area (Å²) in [5.41, 5.74) is 1.80. The van der Waals surface area contributed by atoms with Gasteiger partial charge in [0.1, 0.15) is 0 Å². The molecule has 2 aromatic rings. The second-order valence-electron chi connectivity index (χ2n) is 8.61. The predicted octanol–water partition coefficient (Wildman–Crippen LogP) is 6.17. The number of nitrogens with zero attached hydrogens (tertiary/aromatic N) is 2. The van der Waals surface area contributed by atoms with Gasteiger partial charge in [0.05, 0.1) is 25.4 Å². The minimum Gasteiger partial charge on any atom is -0.347 e. The molecule has 1 aliphatic carbocycles. The Balaban J connectivity index is 1.83. The maximum atomic E-state index is 10.2. The van der Waals surface area contributed by atoms with Gasteiger partial charge >= 0.3 is 0 Å². The molecule has 1 aliphatic heterocycles. The molecular formula is C29H28N2O2. The first-order valence-electron chi connectivity index (χ1n) is 11.4. The van der Waals surface area contributed by atoms with Gasteiger partial charge in [-0.05, 0) is 22.6 Å². The lowest BCUT2D eigenvalue weighted by atomic mass is 9.64. The molecule has 166 valence electrons. The summed E-state index contributed by atoms with van der Waals surface area (Å²) >= 11 is 0. The first-order valence-corrected chi connectivity index (χ1v) is 11.4. The van der Waals surface area contributed by atoms with Crippen molar-refractivity contribution in [2.24, 2.45) is 11.3 Å². The quantitative estimate of drug-likeness (QED) is 0.487. The summed E-state index contributed by atoms with van der Waals surface area (Å²) in [6.07, 6.45) is 9.37. The standard InChI is InChI=1S/C29H28N2O2/c1-2-16-28(21-30,22-31)27-15-17-29(32-18-19-33-29)20-26(27)25(24-11-7-4-8-12-24)14-13-23-9-5-3-6-10-23/h2-15,25-26H,1,16-20H2/b14-13+/t25?,26-/m0/s1. The van der Waals surface area contributed by atoms with E-state index in [-0.39, 0.29) is 18.3 Å². The molecule has 0 N–H and O–H groups in total. The zero-order valence-electron chi connectivity index (χ0n) is 18.7. The minimum absolute atomic E-state index is 0.0616. The highest BCUT2D eigenvalue weighted by molar-refractivity contribution is 5.52. The van der Waals surface area contributed by atoms with Crippen LogP contribution in [0.3, 0.4) is 0 Å². The van der Waals surface area contributed by atoms with Crippen LogP contribution in [0.1, 0.15) is 36.3 Å². The van der Waals surface area contributed by atoms with Crippen molar-refractivity contribution >= 4 is 6.08 Å². The fraction of sp³-hybridized carbons (Fsp3) is 0.310. The van der Waals surface area contributed by atoms with Crippen LogP contribution in [0.15, 0.2) is 91.0 Å². The Kier molecular flexibility index (Phi) is 6.90. The van der Waals surface area contributed by atoms with Gasteiger partial charge in [-0.15, -0.1) is 6.58 Å². The summed E-state index contributed by atoms with van der Waals surface area (Å²) in [7, 11) is 0. The van der Waals surface area contributed by atoms with Gasteiger partial charge in [-0.3, -0.25) is 0 Å². The second-order valence-corrected chi connectivity index (χ2v) is 8.61.